The Morgan fingerprint density at radius 2 is 1.76 bits per heavy atom. The van der Waals surface area contributed by atoms with Crippen molar-refractivity contribution in [3.05, 3.63) is 71.9 Å². The Kier molecular flexibility index (Phi) is 5.19. The molecule has 4 nitrogen and oxygen atoms in total. The first-order valence-corrected chi connectivity index (χ1v) is 8.73. The first-order chi connectivity index (χ1) is 12.1. The van der Waals surface area contributed by atoms with E-state index in [1.165, 1.54) is 16.5 Å². The first-order valence-electron chi connectivity index (χ1n) is 8.73. The van der Waals surface area contributed by atoms with E-state index in [9.17, 15) is 4.79 Å². The number of aromatic amines is 1. The highest BCUT2D eigenvalue weighted by atomic mass is 16.2. The highest BCUT2D eigenvalue weighted by Crippen LogP contribution is 2.29. The van der Waals surface area contributed by atoms with E-state index in [-0.39, 0.29) is 17.9 Å². The molecule has 1 aromatic heterocycles. The zero-order valence-electron chi connectivity index (χ0n) is 15.1. The number of hydrogen-bond acceptors (Lipinski definition) is 1. The van der Waals surface area contributed by atoms with Crippen LogP contribution in [0.25, 0.3) is 10.9 Å². The maximum Gasteiger partial charge on any atom is 0.279 e. The molecule has 0 aliphatic rings. The summed E-state index contributed by atoms with van der Waals surface area (Å²) in [5, 5.41) is 3.39. The SMILES string of the molecule is C[C@@H]([NH2+]C[C@H](c1ccccc1)c1c[nH]c2ccccc12)C(=O)N(C)C. The van der Waals surface area contributed by atoms with Crippen LogP contribution in [0.4, 0.5) is 0 Å². The Morgan fingerprint density at radius 3 is 2.48 bits per heavy atom. The van der Waals surface area contributed by atoms with Gasteiger partial charge in [0.1, 0.15) is 0 Å². The molecule has 3 aromatic rings. The number of fused-ring (bicyclic) bond motifs is 1. The van der Waals surface area contributed by atoms with E-state index >= 15 is 0 Å². The summed E-state index contributed by atoms with van der Waals surface area (Å²) in [5.74, 6) is 0.375. The van der Waals surface area contributed by atoms with Crippen LogP contribution >= 0.6 is 0 Å². The van der Waals surface area contributed by atoms with E-state index in [2.05, 4.69) is 59.0 Å². The van der Waals surface area contributed by atoms with E-state index < -0.39 is 0 Å². The lowest BCUT2D eigenvalue weighted by atomic mass is 9.90. The number of carbonyl (C=O) groups is 1. The van der Waals surface area contributed by atoms with Gasteiger partial charge in [-0.15, -0.1) is 0 Å². The second-order valence-electron chi connectivity index (χ2n) is 6.75. The smallest absolute Gasteiger partial charge is 0.279 e. The molecule has 0 unspecified atom stereocenters. The lowest BCUT2D eigenvalue weighted by Gasteiger charge is -2.20. The number of hydrogen-bond donors (Lipinski definition) is 2. The minimum Gasteiger partial charge on any atom is -0.361 e. The standard InChI is InChI=1S/C21H25N3O/c1-15(21(25)24(2)3)22-13-18(16-9-5-4-6-10-16)19-14-23-20-12-8-7-11-17(19)20/h4-12,14-15,18,22-23H,13H2,1-3H3/p+1/t15-,18-/m1/s1. The van der Waals surface area contributed by atoms with Gasteiger partial charge in [-0.1, -0.05) is 48.5 Å². The van der Waals surface area contributed by atoms with Crippen molar-refractivity contribution in [3.8, 4) is 0 Å². The predicted octanol–water partition coefficient (Wildman–Crippen LogP) is 2.34. The monoisotopic (exact) mass is 336 g/mol. The third-order valence-corrected chi connectivity index (χ3v) is 4.75. The maximum absolute atomic E-state index is 12.2. The van der Waals surface area contributed by atoms with Crippen LogP contribution in [0, 0.1) is 0 Å². The number of para-hydroxylation sites is 1. The number of quaternary nitrogens is 1. The molecule has 0 aliphatic heterocycles. The normalized spacial score (nSPS) is 13.6. The molecule has 2 atom stereocenters. The Hall–Kier alpha value is -2.59. The molecule has 1 amide bonds. The second kappa shape index (κ2) is 7.53. The van der Waals surface area contributed by atoms with E-state index in [0.29, 0.717) is 0 Å². The van der Waals surface area contributed by atoms with Crippen molar-refractivity contribution in [2.75, 3.05) is 20.6 Å². The third kappa shape index (κ3) is 3.74. The van der Waals surface area contributed by atoms with Crippen LogP contribution in [0.15, 0.2) is 60.8 Å². The van der Waals surface area contributed by atoms with Crippen molar-refractivity contribution < 1.29 is 10.1 Å². The second-order valence-corrected chi connectivity index (χ2v) is 6.75. The number of carbonyl (C=O) groups excluding carboxylic acids is 1. The number of nitrogens with one attached hydrogen (secondary N) is 1. The Balaban J connectivity index is 1.90. The lowest BCUT2D eigenvalue weighted by Crippen LogP contribution is -2.92. The fourth-order valence-corrected chi connectivity index (χ4v) is 3.36. The van der Waals surface area contributed by atoms with Gasteiger partial charge in [0.05, 0.1) is 12.5 Å². The molecule has 1 heterocycles. The van der Waals surface area contributed by atoms with Gasteiger partial charge in [0, 0.05) is 31.2 Å². The number of rotatable bonds is 6. The van der Waals surface area contributed by atoms with Gasteiger partial charge in [0.25, 0.3) is 5.91 Å². The number of amides is 1. The van der Waals surface area contributed by atoms with Gasteiger partial charge in [-0.25, -0.2) is 0 Å². The third-order valence-electron chi connectivity index (χ3n) is 4.75. The van der Waals surface area contributed by atoms with Crippen molar-refractivity contribution in [1.82, 2.24) is 9.88 Å². The Bertz CT molecular complexity index is 838. The molecule has 0 spiro atoms. The van der Waals surface area contributed by atoms with Gasteiger partial charge in [-0.2, -0.15) is 0 Å². The van der Waals surface area contributed by atoms with Crippen LogP contribution < -0.4 is 5.32 Å². The van der Waals surface area contributed by atoms with Crippen LogP contribution in [0.5, 0.6) is 0 Å². The van der Waals surface area contributed by atoms with Gasteiger partial charge in [0.15, 0.2) is 6.04 Å². The van der Waals surface area contributed by atoms with Crippen LogP contribution in [0.3, 0.4) is 0 Å². The summed E-state index contributed by atoms with van der Waals surface area (Å²) >= 11 is 0. The van der Waals surface area contributed by atoms with Crippen molar-refractivity contribution in [2.45, 2.75) is 18.9 Å². The number of aromatic nitrogens is 1. The van der Waals surface area contributed by atoms with Crippen LogP contribution in [-0.4, -0.2) is 42.5 Å². The molecule has 3 rings (SSSR count). The highest BCUT2D eigenvalue weighted by molar-refractivity contribution is 5.84. The van der Waals surface area contributed by atoms with E-state index in [4.69, 9.17) is 0 Å². The molecule has 0 fully saturated rings. The average Bonchev–Trinajstić information content (AvgIpc) is 3.06. The van der Waals surface area contributed by atoms with Gasteiger partial charge in [0.2, 0.25) is 0 Å². The van der Waals surface area contributed by atoms with Crippen molar-refractivity contribution >= 4 is 16.8 Å². The predicted molar refractivity (Wildman–Crippen MR) is 102 cm³/mol. The van der Waals surface area contributed by atoms with Gasteiger partial charge in [-0.05, 0) is 24.1 Å². The number of benzene rings is 2. The van der Waals surface area contributed by atoms with Crippen LogP contribution in [0.1, 0.15) is 24.0 Å². The zero-order valence-corrected chi connectivity index (χ0v) is 15.1. The molecule has 0 bridgehead atoms. The first kappa shape index (κ1) is 17.2. The van der Waals surface area contributed by atoms with Gasteiger partial charge < -0.3 is 15.2 Å². The van der Waals surface area contributed by atoms with E-state index in [1.807, 2.05) is 19.1 Å². The zero-order chi connectivity index (χ0) is 17.8. The van der Waals surface area contributed by atoms with Crippen molar-refractivity contribution in [2.24, 2.45) is 0 Å². The summed E-state index contributed by atoms with van der Waals surface area (Å²) in [6.07, 6.45) is 2.11. The Labute approximate surface area is 148 Å². The Morgan fingerprint density at radius 1 is 1.08 bits per heavy atom. The summed E-state index contributed by atoms with van der Waals surface area (Å²) in [6.45, 7) is 2.80. The highest BCUT2D eigenvalue weighted by Gasteiger charge is 2.24. The largest absolute Gasteiger partial charge is 0.361 e. The lowest BCUT2D eigenvalue weighted by molar-refractivity contribution is -0.675. The number of likely N-dealkylation sites (N-methyl/N-ethyl adjacent to an activating group) is 1. The topological polar surface area (TPSA) is 52.7 Å². The summed E-state index contributed by atoms with van der Waals surface area (Å²) < 4.78 is 0. The number of nitrogens with two attached hydrogens (primary N) is 1. The fourth-order valence-electron chi connectivity index (χ4n) is 3.36. The molecular weight excluding hydrogens is 310 g/mol. The minimum absolute atomic E-state index is 0.0913. The molecule has 0 saturated heterocycles. The maximum atomic E-state index is 12.2. The minimum atomic E-state index is -0.0913. The van der Waals surface area contributed by atoms with Crippen LogP contribution in [0.2, 0.25) is 0 Å². The average molecular weight is 336 g/mol. The fraction of sp³-hybridized carbons (Fsp3) is 0.286. The molecular formula is C21H26N3O+. The summed E-state index contributed by atoms with van der Waals surface area (Å²) in [7, 11) is 3.61. The van der Waals surface area contributed by atoms with Crippen molar-refractivity contribution in [1.29, 1.82) is 0 Å². The molecule has 130 valence electrons. The van der Waals surface area contributed by atoms with Crippen LogP contribution in [-0.2, 0) is 4.79 Å². The molecule has 0 saturated carbocycles. The van der Waals surface area contributed by atoms with E-state index in [0.717, 1.165) is 12.1 Å². The number of H-pyrrole nitrogens is 1. The molecule has 0 aliphatic carbocycles. The van der Waals surface area contributed by atoms with Crippen molar-refractivity contribution in [3.63, 3.8) is 0 Å². The molecule has 2 aromatic carbocycles. The van der Waals surface area contributed by atoms with Gasteiger partial charge in [-0.3, -0.25) is 4.79 Å². The summed E-state index contributed by atoms with van der Waals surface area (Å²) in [4.78, 5) is 17.2. The summed E-state index contributed by atoms with van der Waals surface area (Å²) in [5.41, 5.74) is 3.70. The molecule has 25 heavy (non-hydrogen) atoms. The summed E-state index contributed by atoms with van der Waals surface area (Å²) in [6, 6.07) is 18.8. The van der Waals surface area contributed by atoms with Gasteiger partial charge >= 0.3 is 0 Å². The quantitative estimate of drug-likeness (QED) is 0.713. The number of nitrogens with zero attached hydrogens (tertiary/aromatic N) is 1. The van der Waals surface area contributed by atoms with E-state index in [1.54, 1.807) is 19.0 Å². The molecule has 0 radical (unpaired) electrons. The molecule has 4 heteroatoms. The molecule has 3 N–H and O–H groups in total.